The second-order valence-electron chi connectivity index (χ2n) is 5.91. The molecule has 1 fully saturated rings. The topological polar surface area (TPSA) is 60.2 Å². The molecule has 1 aliphatic carbocycles. The number of nitrogens with two attached hydrogens (primary N) is 1. The van der Waals surface area contributed by atoms with Crippen molar-refractivity contribution < 1.29 is 12.8 Å². The van der Waals surface area contributed by atoms with Gasteiger partial charge in [-0.05, 0) is 43.0 Å². The molecule has 2 N–H and O–H groups in total. The van der Waals surface area contributed by atoms with Gasteiger partial charge in [-0.1, -0.05) is 19.3 Å². The Morgan fingerprint density at radius 2 is 1.85 bits per heavy atom. The van der Waals surface area contributed by atoms with Crippen LogP contribution in [-0.2, 0) is 15.3 Å². The predicted molar refractivity (Wildman–Crippen MR) is 78.1 cm³/mol. The van der Waals surface area contributed by atoms with Crippen LogP contribution in [0.2, 0.25) is 0 Å². The predicted octanol–water partition coefficient (Wildman–Crippen LogP) is 2.70. The van der Waals surface area contributed by atoms with Gasteiger partial charge in [-0.25, -0.2) is 12.8 Å². The summed E-state index contributed by atoms with van der Waals surface area (Å²) in [4.78, 5) is 0.215. The zero-order chi connectivity index (χ0) is 15.0. The smallest absolute Gasteiger partial charge is 0.175 e. The number of sulfone groups is 1. The van der Waals surface area contributed by atoms with E-state index in [0.717, 1.165) is 38.4 Å². The molecular formula is C15H22FNO2S. The van der Waals surface area contributed by atoms with Gasteiger partial charge in [-0.15, -0.1) is 0 Å². The van der Waals surface area contributed by atoms with Gasteiger partial charge in [0.1, 0.15) is 5.82 Å². The summed E-state index contributed by atoms with van der Waals surface area (Å²) in [6.45, 7) is 1.98. The fourth-order valence-electron chi connectivity index (χ4n) is 3.27. The first-order valence-electron chi connectivity index (χ1n) is 7.01. The van der Waals surface area contributed by atoms with Crippen LogP contribution < -0.4 is 5.73 Å². The molecule has 0 spiro atoms. The maximum Gasteiger partial charge on any atom is 0.175 e. The van der Waals surface area contributed by atoms with Crippen LogP contribution in [0.25, 0.3) is 0 Å². The van der Waals surface area contributed by atoms with Gasteiger partial charge in [0.2, 0.25) is 0 Å². The van der Waals surface area contributed by atoms with Crippen LogP contribution in [0, 0.1) is 12.7 Å². The van der Waals surface area contributed by atoms with Crippen molar-refractivity contribution in [3.05, 3.63) is 29.1 Å². The van der Waals surface area contributed by atoms with Gasteiger partial charge in [0.25, 0.3) is 0 Å². The molecule has 0 radical (unpaired) electrons. The normalized spacial score (nSPS) is 19.0. The summed E-state index contributed by atoms with van der Waals surface area (Å²) in [5.74, 6) is -0.331. The second-order valence-corrected chi connectivity index (χ2v) is 7.90. The van der Waals surface area contributed by atoms with Crippen molar-refractivity contribution in [1.29, 1.82) is 0 Å². The van der Waals surface area contributed by atoms with Crippen LogP contribution in [0.1, 0.15) is 43.2 Å². The van der Waals surface area contributed by atoms with E-state index in [0.29, 0.717) is 17.7 Å². The van der Waals surface area contributed by atoms with E-state index in [-0.39, 0.29) is 10.7 Å². The minimum Gasteiger partial charge on any atom is -0.330 e. The maximum atomic E-state index is 14.4. The third kappa shape index (κ3) is 2.74. The van der Waals surface area contributed by atoms with E-state index < -0.39 is 15.3 Å². The lowest BCUT2D eigenvalue weighted by Crippen LogP contribution is -2.38. The first kappa shape index (κ1) is 15.4. The van der Waals surface area contributed by atoms with Crippen LogP contribution in [-0.4, -0.2) is 21.2 Å². The van der Waals surface area contributed by atoms with Crippen molar-refractivity contribution in [3.63, 3.8) is 0 Å². The quantitative estimate of drug-likeness (QED) is 0.873. The molecule has 3 nitrogen and oxygen atoms in total. The van der Waals surface area contributed by atoms with Crippen molar-refractivity contribution in [3.8, 4) is 0 Å². The summed E-state index contributed by atoms with van der Waals surface area (Å²) in [5, 5.41) is 0. The molecule has 0 unspecified atom stereocenters. The molecule has 2 rings (SSSR count). The number of rotatable bonds is 3. The Bertz CT molecular complexity index is 605. The molecular weight excluding hydrogens is 277 g/mol. The molecule has 0 saturated heterocycles. The van der Waals surface area contributed by atoms with E-state index >= 15 is 0 Å². The molecule has 0 heterocycles. The Labute approximate surface area is 120 Å². The number of hydrogen-bond donors (Lipinski definition) is 1. The third-order valence-electron chi connectivity index (χ3n) is 4.44. The molecule has 1 aliphatic rings. The molecule has 1 aromatic carbocycles. The average molecular weight is 299 g/mol. The highest BCUT2D eigenvalue weighted by Crippen LogP contribution is 2.41. The van der Waals surface area contributed by atoms with Crippen LogP contribution in [0.4, 0.5) is 4.39 Å². The second kappa shape index (κ2) is 5.45. The van der Waals surface area contributed by atoms with Crippen LogP contribution >= 0.6 is 0 Å². The highest BCUT2D eigenvalue weighted by Gasteiger charge is 2.35. The minimum atomic E-state index is -3.35. The summed E-state index contributed by atoms with van der Waals surface area (Å²) in [7, 11) is -3.35. The van der Waals surface area contributed by atoms with Crippen molar-refractivity contribution in [2.24, 2.45) is 5.73 Å². The monoisotopic (exact) mass is 299 g/mol. The first-order valence-corrected chi connectivity index (χ1v) is 8.90. The summed E-state index contributed by atoms with van der Waals surface area (Å²) in [6.07, 6.45) is 5.97. The molecule has 1 saturated carbocycles. The highest BCUT2D eigenvalue weighted by atomic mass is 32.2. The van der Waals surface area contributed by atoms with Gasteiger partial charge in [-0.3, -0.25) is 0 Å². The Morgan fingerprint density at radius 3 is 2.35 bits per heavy atom. The maximum absolute atomic E-state index is 14.4. The van der Waals surface area contributed by atoms with E-state index in [2.05, 4.69) is 0 Å². The van der Waals surface area contributed by atoms with Gasteiger partial charge in [0.15, 0.2) is 9.84 Å². The molecule has 1 aromatic rings. The number of halogens is 1. The van der Waals surface area contributed by atoms with E-state index in [1.54, 1.807) is 6.92 Å². The summed E-state index contributed by atoms with van der Waals surface area (Å²) in [6, 6.07) is 2.84. The number of benzene rings is 1. The molecule has 20 heavy (non-hydrogen) atoms. The number of hydrogen-bond acceptors (Lipinski definition) is 3. The van der Waals surface area contributed by atoms with Crippen molar-refractivity contribution >= 4 is 9.84 Å². The van der Waals surface area contributed by atoms with Crippen LogP contribution in [0.5, 0.6) is 0 Å². The van der Waals surface area contributed by atoms with Gasteiger partial charge >= 0.3 is 0 Å². The van der Waals surface area contributed by atoms with Gasteiger partial charge in [0, 0.05) is 18.2 Å². The highest BCUT2D eigenvalue weighted by molar-refractivity contribution is 7.90. The Morgan fingerprint density at radius 1 is 1.25 bits per heavy atom. The van der Waals surface area contributed by atoms with E-state index in [4.69, 9.17) is 5.73 Å². The van der Waals surface area contributed by atoms with Gasteiger partial charge in [0.05, 0.1) is 4.90 Å². The van der Waals surface area contributed by atoms with E-state index in [1.807, 2.05) is 0 Å². The molecule has 0 bridgehead atoms. The standard InChI is InChI=1S/C15H22FNO2S/c1-11-8-13(16)12(9-14(11)20(2,18)19)15(10-17)6-4-3-5-7-15/h8-9H,3-7,10,17H2,1-2H3. The molecule has 0 amide bonds. The largest absolute Gasteiger partial charge is 0.330 e. The van der Waals surface area contributed by atoms with Crippen LogP contribution in [0.15, 0.2) is 17.0 Å². The van der Waals surface area contributed by atoms with E-state index in [1.165, 1.54) is 12.1 Å². The van der Waals surface area contributed by atoms with Gasteiger partial charge in [-0.2, -0.15) is 0 Å². The molecule has 112 valence electrons. The summed E-state index contributed by atoms with van der Waals surface area (Å²) in [5.41, 5.74) is 6.45. The summed E-state index contributed by atoms with van der Waals surface area (Å²) < 4.78 is 38.1. The molecule has 0 aliphatic heterocycles. The Hall–Kier alpha value is -0.940. The Kier molecular flexibility index (Phi) is 4.21. The summed E-state index contributed by atoms with van der Waals surface area (Å²) >= 11 is 0. The molecule has 0 aromatic heterocycles. The lowest BCUT2D eigenvalue weighted by atomic mass is 9.69. The zero-order valence-corrected chi connectivity index (χ0v) is 12.9. The van der Waals surface area contributed by atoms with E-state index in [9.17, 15) is 12.8 Å². The number of aryl methyl sites for hydroxylation is 1. The van der Waals surface area contributed by atoms with Crippen molar-refractivity contribution in [2.75, 3.05) is 12.8 Å². The Balaban J connectivity index is 2.61. The lowest BCUT2D eigenvalue weighted by molar-refractivity contribution is 0.291. The van der Waals surface area contributed by atoms with Crippen molar-refractivity contribution in [1.82, 2.24) is 0 Å². The molecule has 5 heteroatoms. The van der Waals surface area contributed by atoms with Crippen LogP contribution in [0.3, 0.4) is 0 Å². The average Bonchev–Trinajstić information content (AvgIpc) is 2.38. The van der Waals surface area contributed by atoms with Gasteiger partial charge < -0.3 is 5.73 Å². The first-order chi connectivity index (χ1) is 9.30. The fourth-order valence-corrected chi connectivity index (χ4v) is 4.25. The fraction of sp³-hybridized carbons (Fsp3) is 0.600. The SMILES string of the molecule is Cc1cc(F)c(C2(CN)CCCCC2)cc1S(C)(=O)=O. The minimum absolute atomic E-state index is 0.215. The lowest BCUT2D eigenvalue weighted by Gasteiger charge is -2.37. The molecule has 0 atom stereocenters. The third-order valence-corrected chi connectivity index (χ3v) is 5.68. The zero-order valence-electron chi connectivity index (χ0n) is 12.1. The van der Waals surface area contributed by atoms with Crippen molar-refractivity contribution in [2.45, 2.75) is 49.3 Å².